The van der Waals surface area contributed by atoms with Crippen LogP contribution in [0.15, 0.2) is 29.5 Å². The topological polar surface area (TPSA) is 134 Å². The van der Waals surface area contributed by atoms with Crippen LogP contribution < -0.4 is 15.7 Å². The summed E-state index contributed by atoms with van der Waals surface area (Å²) in [5.74, 6) is -1.45. The Bertz CT molecular complexity index is 697. The van der Waals surface area contributed by atoms with Crippen molar-refractivity contribution in [2.75, 3.05) is 7.11 Å². The van der Waals surface area contributed by atoms with Gasteiger partial charge >= 0.3 is 12.0 Å². The number of nitrogens with zero attached hydrogens (tertiary/aromatic N) is 1. The number of esters is 1. The second-order valence-electron chi connectivity index (χ2n) is 4.55. The van der Waals surface area contributed by atoms with Crippen molar-refractivity contribution in [2.45, 2.75) is 13.0 Å². The number of carbonyl (C=O) groups is 2. The smallest absolute Gasteiger partial charge is 0.337 e. The van der Waals surface area contributed by atoms with Crippen LogP contribution in [0, 0.1) is 10.1 Å². The van der Waals surface area contributed by atoms with Crippen molar-refractivity contribution in [1.29, 1.82) is 0 Å². The average molecular weight is 306 g/mol. The summed E-state index contributed by atoms with van der Waals surface area (Å²) in [5, 5.41) is 27.2. The van der Waals surface area contributed by atoms with Crippen LogP contribution >= 0.6 is 0 Å². The lowest BCUT2D eigenvalue weighted by molar-refractivity contribution is -0.398. The number of carbonyl (C=O) groups excluding carboxylic acids is 2. The molecule has 0 aliphatic carbocycles. The molecule has 2 rings (SSSR count). The summed E-state index contributed by atoms with van der Waals surface area (Å²) < 4.78 is 4.66. The number of hydrogen-bond donors (Lipinski definition) is 2. The number of methoxy groups -OCH3 is 1. The fourth-order valence-corrected chi connectivity index (χ4v) is 2.18. The van der Waals surface area contributed by atoms with Gasteiger partial charge in [-0.05, 0) is 18.2 Å². The number of nitrogens with one attached hydrogen (secondary N) is 2. The molecule has 0 bridgehead atoms. The zero-order valence-electron chi connectivity index (χ0n) is 11.7. The van der Waals surface area contributed by atoms with Gasteiger partial charge in [-0.25, -0.2) is 9.59 Å². The molecule has 0 fully saturated rings. The lowest BCUT2D eigenvalue weighted by Gasteiger charge is -2.28. The molecule has 0 spiro atoms. The first-order valence-electron chi connectivity index (χ1n) is 6.17. The monoisotopic (exact) mass is 306 g/mol. The van der Waals surface area contributed by atoms with E-state index in [1.807, 2.05) is 0 Å². The maximum absolute atomic E-state index is 11.9. The summed E-state index contributed by atoms with van der Waals surface area (Å²) in [5.41, 5.74) is -0.0162. The first-order valence-corrected chi connectivity index (χ1v) is 6.17. The fraction of sp³-hybridized carbons (Fsp3) is 0.231. The van der Waals surface area contributed by atoms with Crippen molar-refractivity contribution in [1.82, 2.24) is 10.6 Å². The molecular weight excluding hydrogens is 294 g/mol. The predicted octanol–water partition coefficient (Wildman–Crippen LogP) is 0.469. The highest BCUT2D eigenvalue weighted by Crippen LogP contribution is 2.32. The Labute approximate surface area is 124 Å². The van der Waals surface area contributed by atoms with Gasteiger partial charge in [-0.3, -0.25) is 10.1 Å². The van der Waals surface area contributed by atoms with E-state index in [1.165, 1.54) is 20.1 Å². The Hall–Kier alpha value is -3.10. The number of rotatable bonds is 3. The van der Waals surface area contributed by atoms with Gasteiger partial charge < -0.3 is 20.5 Å². The summed E-state index contributed by atoms with van der Waals surface area (Å²) in [7, 11) is 1.18. The third-order valence-corrected chi connectivity index (χ3v) is 3.19. The van der Waals surface area contributed by atoms with Gasteiger partial charge in [0.15, 0.2) is 0 Å². The first-order chi connectivity index (χ1) is 10.3. The molecule has 0 saturated carbocycles. The van der Waals surface area contributed by atoms with Crippen molar-refractivity contribution in [3.05, 3.63) is 45.1 Å². The number of allylic oxidation sites excluding steroid dienone is 1. The molecule has 0 aromatic heterocycles. The minimum atomic E-state index is -0.944. The Kier molecular flexibility index (Phi) is 3.97. The summed E-state index contributed by atoms with van der Waals surface area (Å²) in [4.78, 5) is 33.5. The molecule has 1 heterocycles. The zero-order chi connectivity index (χ0) is 16.4. The van der Waals surface area contributed by atoms with Gasteiger partial charge in [0.1, 0.15) is 0 Å². The second-order valence-corrected chi connectivity index (χ2v) is 4.55. The minimum absolute atomic E-state index is 0.107. The Balaban J connectivity index is 2.55. The highest BCUT2D eigenvalue weighted by Gasteiger charge is 2.32. The molecule has 1 aliphatic heterocycles. The Morgan fingerprint density at radius 2 is 2.09 bits per heavy atom. The van der Waals surface area contributed by atoms with E-state index >= 15 is 0 Å². The number of nitro groups is 1. The normalized spacial score (nSPS) is 17.5. The molecule has 2 N–H and O–H groups in total. The summed E-state index contributed by atoms with van der Waals surface area (Å²) >= 11 is 0. The third-order valence-electron chi connectivity index (χ3n) is 3.19. The number of amides is 2. The maximum atomic E-state index is 11.9. The number of nitro benzene ring substituents is 1. The highest BCUT2D eigenvalue weighted by atomic mass is 16.6. The van der Waals surface area contributed by atoms with Gasteiger partial charge in [-0.15, -0.1) is 0 Å². The van der Waals surface area contributed by atoms with Gasteiger partial charge in [-0.1, -0.05) is 12.1 Å². The molecule has 9 nitrogen and oxygen atoms in total. The van der Waals surface area contributed by atoms with Crippen LogP contribution in [-0.2, 0) is 9.53 Å². The SMILES string of the molecule is COC(=O)C1=C(C)NC(=O)N[C@H]1c1ccc([O-])c([N+](=O)[O-])c1. The highest BCUT2D eigenvalue weighted by molar-refractivity contribution is 5.95. The molecule has 2 amide bonds. The van der Waals surface area contributed by atoms with Crippen LogP contribution in [0.1, 0.15) is 18.5 Å². The molecule has 1 aliphatic rings. The average Bonchev–Trinajstić information content (AvgIpc) is 2.46. The lowest BCUT2D eigenvalue weighted by atomic mass is 9.95. The fourth-order valence-electron chi connectivity index (χ4n) is 2.18. The minimum Gasteiger partial charge on any atom is -0.868 e. The van der Waals surface area contributed by atoms with Crippen molar-refractivity contribution in [3.8, 4) is 5.75 Å². The molecule has 22 heavy (non-hydrogen) atoms. The summed E-state index contributed by atoms with van der Waals surface area (Å²) in [6, 6.07) is 1.87. The van der Waals surface area contributed by atoms with Crippen LogP contribution in [0.2, 0.25) is 0 Å². The van der Waals surface area contributed by atoms with Gasteiger partial charge in [-0.2, -0.15) is 0 Å². The van der Waals surface area contributed by atoms with Gasteiger partial charge in [0, 0.05) is 11.8 Å². The van der Waals surface area contributed by atoms with Crippen LogP contribution in [0.3, 0.4) is 0 Å². The molecule has 1 aromatic carbocycles. The summed E-state index contributed by atoms with van der Waals surface area (Å²) in [6.07, 6.45) is 0. The molecule has 116 valence electrons. The predicted molar refractivity (Wildman–Crippen MR) is 71.7 cm³/mol. The molecule has 0 radical (unpaired) electrons. The molecule has 0 saturated heterocycles. The number of hydrogen-bond acceptors (Lipinski definition) is 6. The second kappa shape index (κ2) is 5.72. The molecular formula is C13H12N3O6-. The molecule has 1 atom stereocenters. The van der Waals surface area contributed by atoms with Crippen molar-refractivity contribution in [2.24, 2.45) is 0 Å². The molecule has 9 heteroatoms. The lowest BCUT2D eigenvalue weighted by Crippen LogP contribution is -2.45. The largest absolute Gasteiger partial charge is 0.868 e. The Morgan fingerprint density at radius 1 is 1.41 bits per heavy atom. The van der Waals surface area contributed by atoms with Crippen LogP contribution in [0.25, 0.3) is 0 Å². The van der Waals surface area contributed by atoms with Gasteiger partial charge in [0.05, 0.1) is 23.6 Å². The van der Waals surface area contributed by atoms with Crippen LogP contribution in [0.5, 0.6) is 5.75 Å². The van der Waals surface area contributed by atoms with Crippen molar-refractivity contribution < 1.29 is 24.4 Å². The van der Waals surface area contributed by atoms with E-state index in [0.717, 1.165) is 12.1 Å². The van der Waals surface area contributed by atoms with E-state index in [4.69, 9.17) is 0 Å². The molecule has 0 unspecified atom stereocenters. The Morgan fingerprint density at radius 3 is 2.68 bits per heavy atom. The van der Waals surface area contributed by atoms with E-state index in [9.17, 15) is 24.8 Å². The number of ether oxygens (including phenoxy) is 1. The van der Waals surface area contributed by atoms with Gasteiger partial charge in [0.25, 0.3) is 5.69 Å². The van der Waals surface area contributed by atoms with Gasteiger partial charge in [0.2, 0.25) is 0 Å². The number of urea groups is 1. The summed E-state index contributed by atoms with van der Waals surface area (Å²) in [6.45, 7) is 1.51. The van der Waals surface area contributed by atoms with E-state index < -0.39 is 34.4 Å². The van der Waals surface area contributed by atoms with E-state index in [0.29, 0.717) is 0 Å². The molecule has 1 aromatic rings. The number of benzene rings is 1. The first kappa shape index (κ1) is 15.3. The van der Waals surface area contributed by atoms with Crippen molar-refractivity contribution in [3.63, 3.8) is 0 Å². The van der Waals surface area contributed by atoms with Crippen LogP contribution in [0.4, 0.5) is 10.5 Å². The quantitative estimate of drug-likeness (QED) is 0.473. The standard InChI is InChI=1S/C13H13N3O6/c1-6-10(12(18)22-2)11(15-13(19)14-6)7-3-4-9(17)8(5-7)16(20)21/h3-5,11,17H,1-2H3,(H2,14,15,19)/p-1/t11-/m0/s1. The van der Waals surface area contributed by atoms with E-state index in [2.05, 4.69) is 15.4 Å². The maximum Gasteiger partial charge on any atom is 0.337 e. The van der Waals surface area contributed by atoms with E-state index in [1.54, 1.807) is 0 Å². The van der Waals surface area contributed by atoms with Crippen LogP contribution in [-0.4, -0.2) is 24.0 Å². The van der Waals surface area contributed by atoms with E-state index in [-0.39, 0.29) is 16.8 Å². The third kappa shape index (κ3) is 2.68. The zero-order valence-corrected chi connectivity index (χ0v) is 11.7. The van der Waals surface area contributed by atoms with Crippen molar-refractivity contribution >= 4 is 17.7 Å².